The molecule has 1 atom stereocenters. The molecule has 0 saturated carbocycles. The summed E-state index contributed by atoms with van der Waals surface area (Å²) < 4.78 is 27.8. The fraction of sp³-hybridized carbons (Fsp3) is 0.364. The van der Waals surface area contributed by atoms with E-state index in [-0.39, 0.29) is 26.5 Å². The van der Waals surface area contributed by atoms with Gasteiger partial charge in [-0.1, -0.05) is 23.2 Å². The van der Waals surface area contributed by atoms with Crippen LogP contribution in [-0.2, 0) is 14.8 Å². The van der Waals surface area contributed by atoms with Gasteiger partial charge in [-0.3, -0.25) is 4.79 Å². The van der Waals surface area contributed by atoms with Crippen LogP contribution in [0.1, 0.15) is 16.8 Å². The first-order valence-electron chi connectivity index (χ1n) is 5.69. The first-order chi connectivity index (χ1) is 9.29. The zero-order valence-electron chi connectivity index (χ0n) is 10.2. The number of halogens is 2. The van der Waals surface area contributed by atoms with Crippen molar-refractivity contribution in [1.82, 2.24) is 5.32 Å². The number of amides is 1. The Kier molecular flexibility index (Phi) is 4.55. The smallest absolute Gasteiger partial charge is 0.253 e. The zero-order valence-corrected chi connectivity index (χ0v) is 12.6. The summed E-state index contributed by atoms with van der Waals surface area (Å²) in [5.74, 6) is -0.516. The molecule has 6 nitrogen and oxygen atoms in total. The van der Waals surface area contributed by atoms with Gasteiger partial charge in [-0.2, -0.15) is 0 Å². The second-order valence-corrected chi connectivity index (χ2v) is 6.69. The van der Waals surface area contributed by atoms with Crippen molar-refractivity contribution in [2.75, 3.05) is 13.2 Å². The lowest BCUT2D eigenvalue weighted by Crippen LogP contribution is -2.35. The summed E-state index contributed by atoms with van der Waals surface area (Å²) in [4.78, 5) is 11.8. The molecule has 0 spiro atoms. The number of nitrogens with one attached hydrogen (secondary N) is 1. The Balaban J connectivity index is 2.34. The Labute approximate surface area is 126 Å². The molecule has 0 radical (unpaired) electrons. The van der Waals surface area contributed by atoms with Crippen molar-refractivity contribution in [3.8, 4) is 0 Å². The lowest BCUT2D eigenvalue weighted by molar-refractivity contribution is 0.0930. The number of carbonyl (C=O) groups excluding carboxylic acids is 1. The van der Waals surface area contributed by atoms with Crippen molar-refractivity contribution in [2.24, 2.45) is 5.14 Å². The van der Waals surface area contributed by atoms with E-state index in [2.05, 4.69) is 5.32 Å². The van der Waals surface area contributed by atoms with Crippen molar-refractivity contribution in [1.29, 1.82) is 0 Å². The molecule has 20 heavy (non-hydrogen) atoms. The van der Waals surface area contributed by atoms with Crippen LogP contribution in [0, 0.1) is 0 Å². The van der Waals surface area contributed by atoms with Gasteiger partial charge in [0.1, 0.15) is 0 Å². The van der Waals surface area contributed by atoms with E-state index in [4.69, 9.17) is 33.1 Å². The average molecular weight is 339 g/mol. The van der Waals surface area contributed by atoms with Crippen LogP contribution < -0.4 is 10.5 Å². The molecular formula is C11H12Cl2N2O4S. The third-order valence-corrected chi connectivity index (χ3v) is 4.53. The molecule has 3 N–H and O–H groups in total. The highest BCUT2D eigenvalue weighted by Gasteiger charge is 2.23. The summed E-state index contributed by atoms with van der Waals surface area (Å²) in [7, 11) is -3.97. The van der Waals surface area contributed by atoms with Crippen LogP contribution in [0.25, 0.3) is 0 Å². The molecule has 1 aliphatic heterocycles. The van der Waals surface area contributed by atoms with Crippen LogP contribution in [0.3, 0.4) is 0 Å². The second kappa shape index (κ2) is 5.87. The Hall–Kier alpha value is -0.860. The van der Waals surface area contributed by atoms with Gasteiger partial charge in [0.15, 0.2) is 0 Å². The number of ether oxygens (including phenoxy) is 1. The van der Waals surface area contributed by atoms with Crippen LogP contribution in [-0.4, -0.2) is 33.6 Å². The SMILES string of the molecule is NS(=O)(=O)c1cc(Cl)c(Cl)c(C(=O)NC2CCOC2)c1. The molecule has 2 rings (SSSR count). The zero-order chi connectivity index (χ0) is 14.9. The molecule has 1 amide bonds. The van der Waals surface area contributed by atoms with Crippen LogP contribution in [0.2, 0.25) is 10.0 Å². The van der Waals surface area contributed by atoms with Gasteiger partial charge in [-0.25, -0.2) is 13.6 Å². The molecule has 0 aromatic heterocycles. The van der Waals surface area contributed by atoms with Crippen molar-refractivity contribution >= 4 is 39.1 Å². The fourth-order valence-electron chi connectivity index (χ4n) is 1.81. The maximum Gasteiger partial charge on any atom is 0.253 e. The molecule has 0 bridgehead atoms. The van der Waals surface area contributed by atoms with Gasteiger partial charge in [0.25, 0.3) is 5.91 Å². The van der Waals surface area contributed by atoms with Gasteiger partial charge in [0.05, 0.1) is 33.2 Å². The standard InChI is InChI=1S/C11H12Cl2N2O4S/c12-9-4-7(20(14,17)18)3-8(10(9)13)11(16)15-6-1-2-19-5-6/h3-4,6H,1-2,5H2,(H,15,16)(H2,14,17,18). The second-order valence-electron chi connectivity index (χ2n) is 4.35. The average Bonchev–Trinajstić information content (AvgIpc) is 2.83. The molecule has 110 valence electrons. The molecular weight excluding hydrogens is 327 g/mol. The van der Waals surface area contributed by atoms with E-state index < -0.39 is 15.9 Å². The van der Waals surface area contributed by atoms with E-state index in [9.17, 15) is 13.2 Å². The minimum absolute atomic E-state index is 0.0181. The van der Waals surface area contributed by atoms with Crippen molar-refractivity contribution in [3.05, 3.63) is 27.7 Å². The Morgan fingerprint density at radius 3 is 2.65 bits per heavy atom. The highest BCUT2D eigenvalue weighted by Crippen LogP contribution is 2.29. The number of hydrogen-bond acceptors (Lipinski definition) is 4. The van der Waals surface area contributed by atoms with E-state index >= 15 is 0 Å². The van der Waals surface area contributed by atoms with Gasteiger partial charge < -0.3 is 10.1 Å². The van der Waals surface area contributed by atoms with Gasteiger partial charge in [-0.15, -0.1) is 0 Å². The first-order valence-corrected chi connectivity index (χ1v) is 7.99. The summed E-state index contributed by atoms with van der Waals surface area (Å²) in [5.41, 5.74) is -0.0323. The summed E-state index contributed by atoms with van der Waals surface area (Å²) in [6.07, 6.45) is 0.686. The number of carbonyl (C=O) groups is 1. The minimum Gasteiger partial charge on any atom is -0.379 e. The highest BCUT2D eigenvalue weighted by atomic mass is 35.5. The summed E-state index contributed by atoms with van der Waals surface area (Å²) in [6.45, 7) is 0.975. The van der Waals surface area contributed by atoms with Gasteiger partial charge >= 0.3 is 0 Å². The number of hydrogen-bond donors (Lipinski definition) is 2. The van der Waals surface area contributed by atoms with Crippen molar-refractivity contribution < 1.29 is 17.9 Å². The third kappa shape index (κ3) is 3.42. The maximum absolute atomic E-state index is 12.1. The molecule has 1 aromatic carbocycles. The van der Waals surface area contributed by atoms with Crippen molar-refractivity contribution in [3.63, 3.8) is 0 Å². The first kappa shape index (κ1) is 15.5. The van der Waals surface area contributed by atoms with Crippen LogP contribution in [0.4, 0.5) is 0 Å². The third-order valence-electron chi connectivity index (χ3n) is 2.84. The molecule has 1 fully saturated rings. The minimum atomic E-state index is -3.97. The van der Waals surface area contributed by atoms with Gasteiger partial charge in [-0.05, 0) is 18.6 Å². The summed E-state index contributed by atoms with van der Waals surface area (Å²) >= 11 is 11.8. The molecule has 9 heteroatoms. The van der Waals surface area contributed by atoms with Crippen LogP contribution >= 0.6 is 23.2 Å². The Bertz CT molecular complexity index is 642. The molecule has 1 heterocycles. The largest absolute Gasteiger partial charge is 0.379 e. The van der Waals surface area contributed by atoms with Crippen LogP contribution in [0.15, 0.2) is 17.0 Å². The topological polar surface area (TPSA) is 98.5 Å². The van der Waals surface area contributed by atoms with Gasteiger partial charge in [0, 0.05) is 6.61 Å². The molecule has 1 saturated heterocycles. The molecule has 1 unspecified atom stereocenters. The number of primary sulfonamides is 1. The van der Waals surface area contributed by atoms with E-state index in [1.807, 2.05) is 0 Å². The Morgan fingerprint density at radius 2 is 2.10 bits per heavy atom. The van der Waals surface area contributed by atoms with E-state index in [0.29, 0.717) is 19.6 Å². The van der Waals surface area contributed by atoms with E-state index in [0.717, 1.165) is 12.1 Å². The highest BCUT2D eigenvalue weighted by molar-refractivity contribution is 7.89. The quantitative estimate of drug-likeness (QED) is 0.863. The van der Waals surface area contributed by atoms with Gasteiger partial charge in [0.2, 0.25) is 10.0 Å². The fourth-order valence-corrected chi connectivity index (χ4v) is 2.85. The van der Waals surface area contributed by atoms with E-state index in [1.165, 1.54) is 0 Å². The molecule has 1 aromatic rings. The summed E-state index contributed by atoms with van der Waals surface area (Å²) in [6, 6.07) is 2.08. The number of sulfonamides is 1. The maximum atomic E-state index is 12.1. The molecule has 1 aliphatic rings. The summed E-state index contributed by atoms with van der Waals surface area (Å²) in [5, 5.41) is 7.66. The monoisotopic (exact) mass is 338 g/mol. The lowest BCUT2D eigenvalue weighted by atomic mass is 10.2. The lowest BCUT2D eigenvalue weighted by Gasteiger charge is -2.13. The predicted octanol–water partition coefficient (Wildman–Crippen LogP) is 1.16. The number of rotatable bonds is 3. The molecule has 0 aliphatic carbocycles. The number of benzene rings is 1. The van der Waals surface area contributed by atoms with Crippen molar-refractivity contribution in [2.45, 2.75) is 17.4 Å². The Morgan fingerprint density at radius 1 is 1.40 bits per heavy atom. The van der Waals surface area contributed by atoms with E-state index in [1.54, 1.807) is 0 Å². The normalized spacial score (nSPS) is 19.1. The van der Waals surface area contributed by atoms with Crippen LogP contribution in [0.5, 0.6) is 0 Å². The number of nitrogens with two attached hydrogens (primary N) is 1. The predicted molar refractivity (Wildman–Crippen MR) is 74.5 cm³/mol.